The van der Waals surface area contributed by atoms with Crippen molar-refractivity contribution in [1.29, 1.82) is 0 Å². The van der Waals surface area contributed by atoms with Crippen molar-refractivity contribution in [3.05, 3.63) is 28.7 Å². The first-order valence-corrected chi connectivity index (χ1v) is 8.16. The van der Waals surface area contributed by atoms with Crippen molar-refractivity contribution in [3.8, 4) is 0 Å². The van der Waals surface area contributed by atoms with Crippen LogP contribution in [0.2, 0.25) is 0 Å². The lowest BCUT2D eigenvalue weighted by Gasteiger charge is -2.16. The first-order chi connectivity index (χ1) is 11.1. The van der Waals surface area contributed by atoms with E-state index in [0.29, 0.717) is 36.7 Å². The molecular weight excluding hydrogens is 294 g/mol. The van der Waals surface area contributed by atoms with Crippen LogP contribution in [-0.2, 0) is 16.2 Å². The second-order valence-electron chi connectivity index (χ2n) is 6.08. The van der Waals surface area contributed by atoms with E-state index in [9.17, 15) is 9.59 Å². The molecule has 0 aliphatic carbocycles. The number of aromatic nitrogens is 2. The van der Waals surface area contributed by atoms with Crippen LogP contribution in [0.5, 0.6) is 0 Å². The Morgan fingerprint density at radius 2 is 2.17 bits per heavy atom. The molecule has 1 amide bonds. The third-order valence-corrected chi connectivity index (χ3v) is 3.77. The molecule has 0 bridgehead atoms. The zero-order valence-corrected chi connectivity index (χ0v) is 14.0. The van der Waals surface area contributed by atoms with Crippen LogP contribution >= 0.6 is 0 Å². The van der Waals surface area contributed by atoms with E-state index >= 15 is 0 Å². The number of aryl methyl sites for hydroxylation is 1. The summed E-state index contributed by atoms with van der Waals surface area (Å²) in [5, 5.41) is 1.21. The number of fused-ring (bicyclic) bond motifs is 1. The summed E-state index contributed by atoms with van der Waals surface area (Å²) in [4.78, 5) is 31.6. The Labute approximate surface area is 136 Å². The minimum absolute atomic E-state index is 0.123. The molecule has 0 unspecified atom stereocenters. The van der Waals surface area contributed by atoms with Crippen LogP contribution < -0.4 is 10.8 Å². The summed E-state index contributed by atoms with van der Waals surface area (Å²) in [5.41, 5.74) is 2.05. The zero-order chi connectivity index (χ0) is 16.8. The number of H-pyrrole nitrogens is 1. The normalized spacial score (nSPS) is 11.3. The van der Waals surface area contributed by atoms with Crippen molar-refractivity contribution in [2.75, 3.05) is 11.7 Å². The summed E-state index contributed by atoms with van der Waals surface area (Å²) in [6, 6.07) is 5.41. The average molecular weight is 319 g/mol. The van der Waals surface area contributed by atoms with Crippen LogP contribution in [0.1, 0.15) is 40.0 Å². The number of carbonyl (C=O) groups excluding carboxylic acids is 1. The lowest BCUT2D eigenvalue weighted by Crippen LogP contribution is -2.22. The minimum Gasteiger partial charge on any atom is -0.305 e. The van der Waals surface area contributed by atoms with Crippen molar-refractivity contribution >= 4 is 23.1 Å². The molecule has 0 radical (unpaired) electrons. The predicted molar refractivity (Wildman–Crippen MR) is 91.4 cm³/mol. The maximum atomic E-state index is 12.1. The van der Waals surface area contributed by atoms with Crippen molar-refractivity contribution in [3.63, 3.8) is 0 Å². The number of anilines is 1. The molecule has 1 heterocycles. The van der Waals surface area contributed by atoms with Gasteiger partial charge >= 0.3 is 5.69 Å². The molecule has 2 aromatic rings. The minimum atomic E-state index is -0.123. The van der Waals surface area contributed by atoms with E-state index in [1.54, 1.807) is 16.7 Å². The average Bonchev–Trinajstić information content (AvgIpc) is 2.84. The van der Waals surface area contributed by atoms with Gasteiger partial charge in [-0.15, -0.1) is 0 Å². The van der Waals surface area contributed by atoms with Crippen molar-refractivity contribution in [1.82, 2.24) is 9.55 Å². The van der Waals surface area contributed by atoms with E-state index in [2.05, 4.69) is 25.8 Å². The Balaban J connectivity index is 2.25. The van der Waals surface area contributed by atoms with Gasteiger partial charge in [0.25, 0.3) is 0 Å². The van der Waals surface area contributed by atoms with Crippen molar-refractivity contribution in [2.45, 2.75) is 46.6 Å². The lowest BCUT2D eigenvalue weighted by atomic mass is 10.1. The third-order valence-electron chi connectivity index (χ3n) is 3.77. The molecule has 0 spiro atoms. The zero-order valence-electron chi connectivity index (χ0n) is 14.0. The second kappa shape index (κ2) is 7.97. The highest BCUT2D eigenvalue weighted by atomic mass is 16.7. The Hall–Kier alpha value is -2.08. The Morgan fingerprint density at radius 1 is 1.39 bits per heavy atom. The summed E-state index contributed by atoms with van der Waals surface area (Å²) in [6.45, 7) is 7.49. The maximum Gasteiger partial charge on any atom is 0.326 e. The van der Waals surface area contributed by atoms with Gasteiger partial charge in [-0.2, -0.15) is 5.06 Å². The van der Waals surface area contributed by atoms with E-state index < -0.39 is 0 Å². The smallest absolute Gasteiger partial charge is 0.305 e. The van der Waals surface area contributed by atoms with Gasteiger partial charge in [-0.1, -0.05) is 27.2 Å². The fraction of sp³-hybridized carbons (Fsp3) is 0.529. The number of nitrogens with one attached hydrogen (secondary N) is 1. The number of aromatic amines is 1. The van der Waals surface area contributed by atoms with E-state index in [-0.39, 0.29) is 5.69 Å². The number of nitrogens with zero attached hydrogens (tertiary/aromatic N) is 2. The van der Waals surface area contributed by atoms with Gasteiger partial charge < -0.3 is 4.98 Å². The van der Waals surface area contributed by atoms with Crippen LogP contribution in [0.3, 0.4) is 0 Å². The molecule has 0 saturated carbocycles. The number of rotatable bonds is 9. The first-order valence-electron chi connectivity index (χ1n) is 8.16. The molecule has 0 atom stereocenters. The number of imidazole rings is 1. The van der Waals surface area contributed by atoms with Crippen LogP contribution in [0.25, 0.3) is 11.0 Å². The predicted octanol–water partition coefficient (Wildman–Crippen LogP) is 3.07. The Kier molecular flexibility index (Phi) is 5.98. The van der Waals surface area contributed by atoms with Gasteiger partial charge in [0, 0.05) is 6.54 Å². The van der Waals surface area contributed by atoms with E-state index in [1.165, 1.54) is 5.06 Å². The second-order valence-corrected chi connectivity index (χ2v) is 6.08. The number of hydrogen-bond acceptors (Lipinski definition) is 3. The van der Waals surface area contributed by atoms with Gasteiger partial charge in [0.1, 0.15) is 0 Å². The van der Waals surface area contributed by atoms with Gasteiger partial charge in [-0.25, -0.2) is 4.79 Å². The molecule has 1 N–H and O–H groups in total. The fourth-order valence-electron chi connectivity index (χ4n) is 2.37. The van der Waals surface area contributed by atoms with E-state index in [0.717, 1.165) is 24.8 Å². The molecule has 1 aromatic carbocycles. The van der Waals surface area contributed by atoms with Crippen molar-refractivity contribution in [2.24, 2.45) is 5.92 Å². The number of benzene rings is 1. The highest BCUT2D eigenvalue weighted by molar-refractivity contribution is 5.83. The topological polar surface area (TPSA) is 67.3 Å². The van der Waals surface area contributed by atoms with Gasteiger partial charge in [0.05, 0.1) is 23.3 Å². The quantitative estimate of drug-likeness (QED) is 0.439. The lowest BCUT2D eigenvalue weighted by molar-refractivity contribution is -0.114. The van der Waals surface area contributed by atoms with Crippen LogP contribution in [0.15, 0.2) is 23.0 Å². The molecule has 0 saturated heterocycles. The SMILES string of the molecule is CCCCON(C=O)c1ccc2c(c1)[nH]c(=O)n2CCC(C)C. The molecule has 6 nitrogen and oxygen atoms in total. The number of hydrogen-bond donors (Lipinski definition) is 1. The van der Waals surface area contributed by atoms with Crippen LogP contribution in [0.4, 0.5) is 5.69 Å². The number of carbonyl (C=O) groups is 1. The summed E-state index contributed by atoms with van der Waals surface area (Å²) in [5.74, 6) is 0.531. The molecule has 0 aliphatic rings. The summed E-state index contributed by atoms with van der Waals surface area (Å²) < 4.78 is 1.74. The van der Waals surface area contributed by atoms with Gasteiger partial charge in [0.2, 0.25) is 6.41 Å². The molecule has 1 aromatic heterocycles. The number of amides is 1. The number of hydroxylamine groups is 1. The maximum absolute atomic E-state index is 12.1. The summed E-state index contributed by atoms with van der Waals surface area (Å²) >= 11 is 0. The fourth-order valence-corrected chi connectivity index (χ4v) is 2.37. The standard InChI is InChI=1S/C17H25N3O3/c1-4-5-10-23-20(12-21)14-6-7-16-15(11-14)18-17(22)19(16)9-8-13(2)3/h6-7,11-13H,4-5,8-10H2,1-3H3,(H,18,22). The summed E-state index contributed by atoms with van der Waals surface area (Å²) in [6.07, 6.45) is 3.46. The highest BCUT2D eigenvalue weighted by Gasteiger charge is 2.11. The molecule has 2 rings (SSSR count). The van der Waals surface area contributed by atoms with Gasteiger partial charge in [-0.05, 0) is 37.0 Å². The van der Waals surface area contributed by atoms with Gasteiger partial charge in [0.15, 0.2) is 0 Å². The van der Waals surface area contributed by atoms with Crippen LogP contribution in [0, 0.1) is 5.92 Å². The number of unbranched alkanes of at least 4 members (excludes halogenated alkanes) is 1. The Morgan fingerprint density at radius 3 is 2.83 bits per heavy atom. The van der Waals surface area contributed by atoms with Crippen molar-refractivity contribution < 1.29 is 9.63 Å². The first kappa shape index (κ1) is 17.3. The van der Waals surface area contributed by atoms with E-state index in [1.807, 2.05) is 6.07 Å². The third kappa shape index (κ3) is 4.22. The largest absolute Gasteiger partial charge is 0.326 e. The molecule has 0 fully saturated rings. The monoisotopic (exact) mass is 319 g/mol. The van der Waals surface area contributed by atoms with Crippen LogP contribution in [-0.4, -0.2) is 22.6 Å². The summed E-state index contributed by atoms with van der Waals surface area (Å²) in [7, 11) is 0. The van der Waals surface area contributed by atoms with E-state index in [4.69, 9.17) is 4.84 Å². The molecular formula is C17H25N3O3. The Bertz CT molecular complexity index is 703. The molecule has 6 heteroatoms. The molecule has 126 valence electrons. The molecule has 23 heavy (non-hydrogen) atoms. The molecule has 0 aliphatic heterocycles. The van der Waals surface area contributed by atoms with Gasteiger partial charge in [-0.3, -0.25) is 14.2 Å². The highest BCUT2D eigenvalue weighted by Crippen LogP contribution is 2.20.